The molecule has 0 unspecified atom stereocenters. The van der Waals surface area contributed by atoms with Gasteiger partial charge in [-0.05, 0) is 36.4 Å². The normalized spacial score (nSPS) is 12.8. The van der Waals surface area contributed by atoms with Gasteiger partial charge in [0.25, 0.3) is 0 Å². The number of rotatable bonds is 4. The maximum Gasteiger partial charge on any atom is 0.233 e. The summed E-state index contributed by atoms with van der Waals surface area (Å²) in [6, 6.07) is 29.9. The zero-order chi connectivity index (χ0) is 16.3. The molecule has 0 spiro atoms. The van der Waals surface area contributed by atoms with Gasteiger partial charge in [0, 0.05) is 14.7 Å². The Morgan fingerprint density at radius 3 is 1.04 bits per heavy atom. The molecule has 0 bridgehead atoms. The second-order valence-electron chi connectivity index (χ2n) is 5.01. The van der Waals surface area contributed by atoms with E-state index in [9.17, 15) is 4.57 Å². The summed E-state index contributed by atoms with van der Waals surface area (Å²) in [6.45, 7) is 0. The van der Waals surface area contributed by atoms with Crippen molar-refractivity contribution in [3.05, 3.63) is 91.0 Å². The smallest absolute Gasteiger partial charge is 0.233 e. The van der Waals surface area contributed by atoms with Crippen LogP contribution in [0.3, 0.4) is 0 Å². The lowest BCUT2D eigenvalue weighted by Crippen LogP contribution is -2.00. The first kappa shape index (κ1) is 16.8. The van der Waals surface area contributed by atoms with Crippen LogP contribution in [0.2, 0.25) is 0 Å². The zero-order valence-electron chi connectivity index (χ0n) is 12.3. The second kappa shape index (κ2) is 6.82. The number of benzene rings is 3. The van der Waals surface area contributed by atoms with E-state index in [1.807, 2.05) is 91.0 Å². The molecule has 3 rings (SSSR count). The van der Waals surface area contributed by atoms with Gasteiger partial charge < -0.3 is 0 Å². The van der Waals surface area contributed by atoms with E-state index in [1.165, 1.54) is 0 Å². The lowest BCUT2D eigenvalue weighted by atomic mass is 10.4. The molecule has 0 heterocycles. The summed E-state index contributed by atoms with van der Waals surface area (Å²) in [4.78, 5) is 3.02. The lowest BCUT2D eigenvalue weighted by Gasteiger charge is -2.42. The van der Waals surface area contributed by atoms with E-state index in [4.69, 9.17) is 0 Å². The van der Waals surface area contributed by atoms with Crippen LogP contribution < -0.4 is 0 Å². The number of thiol groups is 2. The Balaban J connectivity index is 2.44. The summed E-state index contributed by atoms with van der Waals surface area (Å²) in [5, 5.41) is 0. The van der Waals surface area contributed by atoms with Crippen LogP contribution in [-0.2, 0) is 4.57 Å². The molecule has 0 amide bonds. The van der Waals surface area contributed by atoms with Gasteiger partial charge in [-0.15, -0.1) is 0 Å². The predicted molar refractivity (Wildman–Crippen MR) is 107 cm³/mol. The Morgan fingerprint density at radius 1 is 0.565 bits per heavy atom. The molecular weight excluding hydrogens is 359 g/mol. The van der Waals surface area contributed by atoms with Gasteiger partial charge in [0.15, 0.2) is 0 Å². The summed E-state index contributed by atoms with van der Waals surface area (Å²) in [5.74, 6) is 0. The van der Waals surface area contributed by atoms with Crippen LogP contribution in [0.1, 0.15) is 0 Å². The Hall–Kier alpha value is -1.06. The van der Waals surface area contributed by atoms with Crippen LogP contribution in [0, 0.1) is 0 Å². The molecule has 0 N–H and O–H groups in total. The molecule has 1 nitrogen and oxygen atoms in total. The molecule has 0 radical (unpaired) electrons. The van der Waals surface area contributed by atoms with Gasteiger partial charge in [0.1, 0.15) is 0 Å². The van der Waals surface area contributed by atoms with Crippen LogP contribution in [-0.4, -0.2) is 0 Å². The van der Waals surface area contributed by atoms with Gasteiger partial charge in [-0.25, -0.2) is 0 Å². The van der Waals surface area contributed by atoms with Crippen molar-refractivity contribution in [3.8, 4) is 0 Å². The highest BCUT2D eigenvalue weighted by Gasteiger charge is 2.43. The van der Waals surface area contributed by atoms with Crippen LogP contribution >= 0.6 is 38.9 Å². The molecule has 0 saturated carbocycles. The van der Waals surface area contributed by atoms with Crippen LogP contribution in [0.15, 0.2) is 106 Å². The van der Waals surface area contributed by atoms with E-state index < -0.39 is 14.4 Å². The molecular formula is C18H17OPS3. The quantitative estimate of drug-likeness (QED) is 0.373. The third-order valence-corrected chi connectivity index (χ3v) is 15.6. The van der Waals surface area contributed by atoms with Crippen LogP contribution in [0.5, 0.6) is 0 Å². The van der Waals surface area contributed by atoms with E-state index in [0.717, 1.165) is 14.7 Å². The van der Waals surface area contributed by atoms with Gasteiger partial charge in [-0.3, -0.25) is 4.57 Å². The van der Waals surface area contributed by atoms with E-state index >= 15 is 0 Å². The van der Waals surface area contributed by atoms with Gasteiger partial charge in [-0.1, -0.05) is 88.7 Å². The number of hydrogen-bond donors (Lipinski definition) is 2. The SMILES string of the molecule is O=P(S)(S)S(c1ccccc1)(c1ccccc1)c1ccccc1. The van der Waals surface area contributed by atoms with Gasteiger partial charge in [0.05, 0.1) is 0 Å². The average Bonchev–Trinajstić information content (AvgIpc) is 2.57. The van der Waals surface area contributed by atoms with Crippen molar-refractivity contribution in [3.63, 3.8) is 0 Å². The van der Waals surface area contributed by atoms with Crippen molar-refractivity contribution < 1.29 is 4.57 Å². The first-order chi connectivity index (χ1) is 11.1. The summed E-state index contributed by atoms with van der Waals surface area (Å²) in [6.07, 6.45) is 0. The monoisotopic (exact) mass is 376 g/mol. The average molecular weight is 377 g/mol. The minimum Gasteiger partial charge on any atom is -0.290 e. The third-order valence-electron chi connectivity index (χ3n) is 3.61. The Kier molecular flexibility index (Phi) is 4.98. The highest BCUT2D eigenvalue weighted by molar-refractivity contribution is 9.17. The molecule has 118 valence electrons. The molecule has 0 saturated heterocycles. The number of hydrogen-bond acceptors (Lipinski definition) is 1. The predicted octanol–water partition coefficient (Wildman–Crippen LogP) is 6.94. The minimum absolute atomic E-state index is 1.01. The largest absolute Gasteiger partial charge is 0.290 e. The maximum atomic E-state index is 13.4. The fourth-order valence-electron chi connectivity index (χ4n) is 2.67. The van der Waals surface area contributed by atoms with Crippen molar-refractivity contribution in [2.75, 3.05) is 0 Å². The zero-order valence-corrected chi connectivity index (χ0v) is 15.8. The fraction of sp³-hybridized carbons (Fsp3) is 0. The molecule has 3 aromatic rings. The van der Waals surface area contributed by atoms with E-state index in [-0.39, 0.29) is 0 Å². The summed E-state index contributed by atoms with van der Waals surface area (Å²) in [7, 11) is -2.06. The van der Waals surface area contributed by atoms with Crippen LogP contribution in [0.4, 0.5) is 0 Å². The molecule has 0 aliphatic carbocycles. The molecule has 23 heavy (non-hydrogen) atoms. The first-order valence-corrected chi connectivity index (χ1v) is 13.4. The van der Waals surface area contributed by atoms with Crippen molar-refractivity contribution in [1.82, 2.24) is 0 Å². The van der Waals surface area contributed by atoms with Gasteiger partial charge in [0.2, 0.25) is 4.75 Å². The molecule has 0 aliphatic rings. The van der Waals surface area contributed by atoms with Gasteiger partial charge >= 0.3 is 0 Å². The first-order valence-electron chi connectivity index (χ1n) is 7.11. The van der Waals surface area contributed by atoms with Crippen molar-refractivity contribution in [1.29, 1.82) is 0 Å². The maximum absolute atomic E-state index is 13.4. The highest BCUT2D eigenvalue weighted by atomic mass is 33.4. The summed E-state index contributed by atoms with van der Waals surface area (Å²) in [5.41, 5.74) is 0. The Bertz CT molecular complexity index is 720. The standard InChI is InChI=1S/C18H17OPS3/c19-20(21,22)23(16-10-4-1-5-11-16,17-12-6-2-7-13-17)18-14-8-3-9-15-18/h1-15H,(H2,19,21,22). The molecule has 0 aliphatic heterocycles. The van der Waals surface area contributed by atoms with Crippen molar-refractivity contribution in [2.24, 2.45) is 0 Å². The van der Waals surface area contributed by atoms with E-state index in [2.05, 4.69) is 24.5 Å². The molecule has 3 aromatic carbocycles. The molecule has 0 aromatic heterocycles. The lowest BCUT2D eigenvalue weighted by molar-refractivity contribution is 0.601. The Morgan fingerprint density at radius 2 is 0.826 bits per heavy atom. The molecule has 5 heteroatoms. The van der Waals surface area contributed by atoms with Crippen molar-refractivity contribution >= 4 is 38.9 Å². The van der Waals surface area contributed by atoms with Gasteiger partial charge in [-0.2, -0.15) is 0 Å². The minimum atomic E-state index is -3.10. The van der Waals surface area contributed by atoms with E-state index in [0.29, 0.717) is 0 Å². The van der Waals surface area contributed by atoms with Crippen molar-refractivity contribution in [2.45, 2.75) is 14.7 Å². The van der Waals surface area contributed by atoms with E-state index in [1.54, 1.807) is 0 Å². The fourth-order valence-corrected chi connectivity index (χ4v) is 14.6. The Labute approximate surface area is 148 Å². The summed E-state index contributed by atoms with van der Waals surface area (Å²) < 4.78 is 10.3. The second-order valence-corrected chi connectivity index (χ2v) is 17.7. The molecule has 0 fully saturated rings. The summed E-state index contributed by atoms with van der Waals surface area (Å²) >= 11 is 9.05. The third kappa shape index (κ3) is 3.01. The highest BCUT2D eigenvalue weighted by Crippen LogP contribution is 2.95. The van der Waals surface area contributed by atoms with Crippen LogP contribution in [0.25, 0.3) is 0 Å². The topological polar surface area (TPSA) is 17.1 Å². The molecule has 0 atom stereocenters.